The van der Waals surface area contributed by atoms with Crippen LogP contribution in [0.4, 0.5) is 13.2 Å². The molecule has 0 unspecified atom stereocenters. The first-order valence-electron chi connectivity index (χ1n) is 3.42. The van der Waals surface area contributed by atoms with Crippen molar-refractivity contribution in [2.45, 2.75) is 11.3 Å². The highest BCUT2D eigenvalue weighted by molar-refractivity contribution is 7.90. The van der Waals surface area contributed by atoms with Crippen LogP contribution in [-0.4, -0.2) is 24.6 Å². The van der Waals surface area contributed by atoms with E-state index in [9.17, 15) is 21.6 Å². The minimum Gasteiger partial charge on any atom is -0.226 e. The molecule has 0 bridgehead atoms. The van der Waals surface area contributed by atoms with Crippen molar-refractivity contribution in [3.63, 3.8) is 0 Å². The lowest BCUT2D eigenvalue weighted by molar-refractivity contribution is -0.138. The number of sulfone groups is 1. The molecule has 0 aromatic carbocycles. The number of halogens is 4. The molecule has 1 rings (SSSR count). The van der Waals surface area contributed by atoms with Gasteiger partial charge >= 0.3 is 6.18 Å². The number of hydrogen-bond acceptors (Lipinski definition) is 4. The van der Waals surface area contributed by atoms with Gasteiger partial charge in [-0.25, -0.2) is 18.4 Å². The van der Waals surface area contributed by atoms with Gasteiger partial charge in [0.1, 0.15) is 10.7 Å². The van der Waals surface area contributed by atoms with Crippen LogP contribution in [0.5, 0.6) is 0 Å². The summed E-state index contributed by atoms with van der Waals surface area (Å²) in [6.45, 7) is 0. The first-order valence-corrected chi connectivity index (χ1v) is 5.69. The zero-order chi connectivity index (χ0) is 11.9. The smallest absolute Gasteiger partial charge is 0.226 e. The monoisotopic (exact) mass is 260 g/mol. The van der Waals surface area contributed by atoms with Crippen LogP contribution in [0.15, 0.2) is 11.4 Å². The molecule has 0 spiro atoms. The third-order valence-electron chi connectivity index (χ3n) is 1.36. The summed E-state index contributed by atoms with van der Waals surface area (Å²) in [7, 11) is -3.76. The molecular weight excluding hydrogens is 257 g/mol. The van der Waals surface area contributed by atoms with E-state index in [2.05, 4.69) is 9.97 Å². The Kier molecular flexibility index (Phi) is 2.92. The van der Waals surface area contributed by atoms with Crippen LogP contribution in [0.2, 0.25) is 5.15 Å². The summed E-state index contributed by atoms with van der Waals surface area (Å²) < 4.78 is 58.3. The van der Waals surface area contributed by atoms with Crippen molar-refractivity contribution < 1.29 is 21.6 Å². The van der Waals surface area contributed by atoms with Crippen LogP contribution in [0.1, 0.15) is 5.56 Å². The van der Waals surface area contributed by atoms with E-state index < -0.39 is 31.9 Å². The van der Waals surface area contributed by atoms with Crippen LogP contribution in [0, 0.1) is 0 Å². The van der Waals surface area contributed by atoms with E-state index in [0.29, 0.717) is 6.20 Å². The molecule has 0 aliphatic rings. The summed E-state index contributed by atoms with van der Waals surface area (Å²) in [5.41, 5.74) is -1.27. The van der Waals surface area contributed by atoms with E-state index in [4.69, 9.17) is 11.6 Å². The second-order valence-electron chi connectivity index (χ2n) is 2.63. The first-order chi connectivity index (χ1) is 6.62. The van der Waals surface area contributed by atoms with Crippen LogP contribution in [-0.2, 0) is 16.0 Å². The molecule has 0 fully saturated rings. The van der Waals surface area contributed by atoms with Gasteiger partial charge in [0, 0.05) is 12.5 Å². The summed E-state index contributed by atoms with van der Waals surface area (Å²) >= 11 is 5.18. The van der Waals surface area contributed by atoms with E-state index in [0.717, 1.165) is 6.26 Å². The van der Waals surface area contributed by atoms with Crippen LogP contribution in [0.3, 0.4) is 0 Å². The molecule has 0 amide bonds. The Balaban J connectivity index is 3.34. The second-order valence-corrected chi connectivity index (χ2v) is 4.89. The third-order valence-corrected chi connectivity index (χ3v) is 2.51. The molecule has 1 heterocycles. The summed E-state index contributed by atoms with van der Waals surface area (Å²) in [5, 5.41) is -1.67. The Morgan fingerprint density at radius 3 is 2.27 bits per heavy atom. The molecule has 15 heavy (non-hydrogen) atoms. The van der Waals surface area contributed by atoms with Crippen LogP contribution >= 0.6 is 11.6 Å². The molecule has 0 saturated carbocycles. The van der Waals surface area contributed by atoms with Gasteiger partial charge < -0.3 is 0 Å². The standard InChI is InChI=1S/C6H4ClF3N2O2S/c1-15(13,14)5-11-2-3(4(7)12-5)6(8,9)10/h2H,1H3. The van der Waals surface area contributed by atoms with Crippen molar-refractivity contribution in [3.8, 4) is 0 Å². The average Bonchev–Trinajstić information content (AvgIpc) is 1.99. The Bertz CT molecular complexity index is 486. The number of alkyl halides is 3. The maximum absolute atomic E-state index is 12.2. The van der Waals surface area contributed by atoms with Crippen molar-refractivity contribution in [2.24, 2.45) is 0 Å². The fourth-order valence-electron chi connectivity index (χ4n) is 0.715. The molecule has 0 N–H and O–H groups in total. The lowest BCUT2D eigenvalue weighted by atomic mass is 10.3. The SMILES string of the molecule is CS(=O)(=O)c1ncc(C(F)(F)F)c(Cl)n1. The molecule has 4 nitrogen and oxygen atoms in total. The third kappa shape index (κ3) is 2.78. The van der Waals surface area contributed by atoms with Crippen molar-refractivity contribution in [2.75, 3.05) is 6.26 Å². The van der Waals surface area contributed by atoms with E-state index >= 15 is 0 Å². The largest absolute Gasteiger partial charge is 0.420 e. The van der Waals surface area contributed by atoms with Gasteiger partial charge in [0.25, 0.3) is 0 Å². The molecule has 0 aliphatic heterocycles. The van der Waals surface area contributed by atoms with E-state index in [1.807, 2.05) is 0 Å². The predicted molar refractivity (Wildman–Crippen MR) is 45.2 cm³/mol. The highest BCUT2D eigenvalue weighted by atomic mass is 35.5. The van der Waals surface area contributed by atoms with Gasteiger partial charge in [-0.2, -0.15) is 13.2 Å². The zero-order valence-electron chi connectivity index (χ0n) is 7.21. The van der Waals surface area contributed by atoms with Crippen molar-refractivity contribution in [3.05, 3.63) is 16.9 Å². The van der Waals surface area contributed by atoms with Gasteiger partial charge in [0.15, 0.2) is 0 Å². The minimum absolute atomic E-state index is 0.339. The first kappa shape index (κ1) is 12.2. The zero-order valence-corrected chi connectivity index (χ0v) is 8.78. The number of nitrogens with zero attached hydrogens (tertiary/aromatic N) is 2. The normalized spacial score (nSPS) is 12.9. The van der Waals surface area contributed by atoms with E-state index in [1.165, 1.54) is 0 Å². The molecule has 84 valence electrons. The Morgan fingerprint density at radius 2 is 1.93 bits per heavy atom. The quantitative estimate of drug-likeness (QED) is 0.568. The molecule has 0 radical (unpaired) electrons. The van der Waals surface area contributed by atoms with Gasteiger partial charge in [-0.1, -0.05) is 11.6 Å². The number of aromatic nitrogens is 2. The molecule has 9 heteroatoms. The Labute approximate surface area is 88.0 Å². The number of hydrogen-bond donors (Lipinski definition) is 0. The highest BCUT2D eigenvalue weighted by Crippen LogP contribution is 2.33. The topological polar surface area (TPSA) is 59.9 Å². The predicted octanol–water partition coefficient (Wildman–Crippen LogP) is 1.55. The molecule has 0 aliphatic carbocycles. The average molecular weight is 261 g/mol. The lowest BCUT2D eigenvalue weighted by Crippen LogP contribution is -2.11. The van der Waals surface area contributed by atoms with Gasteiger partial charge in [-0.05, 0) is 0 Å². The Morgan fingerprint density at radius 1 is 1.40 bits per heavy atom. The van der Waals surface area contributed by atoms with Crippen molar-refractivity contribution >= 4 is 21.4 Å². The maximum atomic E-state index is 12.2. The second kappa shape index (κ2) is 3.60. The van der Waals surface area contributed by atoms with Gasteiger partial charge in [-0.3, -0.25) is 0 Å². The highest BCUT2D eigenvalue weighted by Gasteiger charge is 2.35. The molecular formula is C6H4ClF3N2O2S. The van der Waals surface area contributed by atoms with Crippen molar-refractivity contribution in [1.82, 2.24) is 9.97 Å². The Hall–Kier alpha value is -0.890. The van der Waals surface area contributed by atoms with Gasteiger partial charge in [0.2, 0.25) is 15.0 Å². The molecule has 0 saturated heterocycles. The summed E-state index contributed by atoms with van der Waals surface area (Å²) in [6, 6.07) is 0. The summed E-state index contributed by atoms with van der Waals surface area (Å²) in [4.78, 5) is 6.13. The molecule has 0 atom stereocenters. The maximum Gasteiger partial charge on any atom is 0.420 e. The van der Waals surface area contributed by atoms with Crippen LogP contribution < -0.4 is 0 Å². The molecule has 1 aromatic rings. The van der Waals surface area contributed by atoms with E-state index in [1.54, 1.807) is 0 Å². The fraction of sp³-hybridized carbons (Fsp3) is 0.333. The van der Waals surface area contributed by atoms with Crippen molar-refractivity contribution in [1.29, 1.82) is 0 Å². The van der Waals surface area contributed by atoms with Gasteiger partial charge in [-0.15, -0.1) is 0 Å². The molecule has 1 aromatic heterocycles. The number of rotatable bonds is 1. The van der Waals surface area contributed by atoms with Gasteiger partial charge in [0.05, 0.1) is 0 Å². The summed E-state index contributed by atoms with van der Waals surface area (Å²) in [6.07, 6.45) is -3.59. The minimum atomic E-state index is -4.70. The van der Waals surface area contributed by atoms with E-state index in [-0.39, 0.29) is 0 Å². The van der Waals surface area contributed by atoms with Crippen LogP contribution in [0.25, 0.3) is 0 Å². The lowest BCUT2D eigenvalue weighted by Gasteiger charge is -2.07. The fourth-order valence-corrected chi connectivity index (χ4v) is 1.50. The summed E-state index contributed by atoms with van der Waals surface area (Å²) in [5.74, 6) is 0.